The molecule has 146 valence electrons. The van der Waals surface area contributed by atoms with E-state index in [1.54, 1.807) is 6.20 Å². The van der Waals surface area contributed by atoms with Crippen LogP contribution in [0.15, 0.2) is 42.7 Å². The number of nitrogens with one attached hydrogen (secondary N) is 1. The highest BCUT2D eigenvalue weighted by molar-refractivity contribution is 6.07. The first-order chi connectivity index (χ1) is 13.6. The average molecular weight is 380 g/mol. The first-order valence-electron chi connectivity index (χ1n) is 9.79. The van der Waals surface area contributed by atoms with Crippen molar-refractivity contribution in [2.75, 3.05) is 6.54 Å². The fourth-order valence-corrected chi connectivity index (χ4v) is 4.23. The van der Waals surface area contributed by atoms with Gasteiger partial charge in [-0.3, -0.25) is 24.0 Å². The van der Waals surface area contributed by atoms with Crippen molar-refractivity contribution >= 4 is 17.7 Å². The van der Waals surface area contributed by atoms with Gasteiger partial charge in [0.15, 0.2) is 0 Å². The summed E-state index contributed by atoms with van der Waals surface area (Å²) in [5.74, 6) is -1.10. The molecule has 1 aromatic heterocycles. The first kappa shape index (κ1) is 18.4. The summed E-state index contributed by atoms with van der Waals surface area (Å²) in [4.78, 5) is 38.6. The second-order valence-corrected chi connectivity index (χ2v) is 7.51. The van der Waals surface area contributed by atoms with E-state index in [0.29, 0.717) is 13.1 Å². The Bertz CT molecular complexity index is 854. The van der Waals surface area contributed by atoms with Gasteiger partial charge in [0.1, 0.15) is 6.54 Å². The largest absolute Gasteiger partial charge is 0.350 e. The molecule has 7 heteroatoms. The van der Waals surface area contributed by atoms with Gasteiger partial charge in [0.25, 0.3) is 0 Å². The smallest absolute Gasteiger partial charge is 0.240 e. The minimum Gasteiger partial charge on any atom is -0.350 e. The molecule has 0 spiro atoms. The number of hydrogen-bond acceptors (Lipinski definition) is 4. The maximum Gasteiger partial charge on any atom is 0.240 e. The van der Waals surface area contributed by atoms with E-state index in [0.717, 1.165) is 41.7 Å². The van der Waals surface area contributed by atoms with Crippen LogP contribution in [-0.2, 0) is 27.5 Å². The number of carbonyl (C=O) groups excluding carboxylic acids is 3. The van der Waals surface area contributed by atoms with Gasteiger partial charge < -0.3 is 5.32 Å². The molecule has 2 atom stereocenters. The highest BCUT2D eigenvalue weighted by Crippen LogP contribution is 2.37. The van der Waals surface area contributed by atoms with Crippen LogP contribution in [0, 0.1) is 11.8 Å². The molecule has 2 unspecified atom stereocenters. The quantitative estimate of drug-likeness (QED) is 0.774. The minimum absolute atomic E-state index is 0.177. The van der Waals surface area contributed by atoms with Gasteiger partial charge in [-0.1, -0.05) is 37.1 Å². The molecule has 1 aliphatic carbocycles. The van der Waals surface area contributed by atoms with E-state index in [2.05, 4.69) is 10.4 Å². The summed E-state index contributed by atoms with van der Waals surface area (Å²) in [7, 11) is 0. The lowest BCUT2D eigenvalue weighted by Crippen LogP contribution is -2.40. The molecule has 2 fully saturated rings. The van der Waals surface area contributed by atoms with Crippen LogP contribution in [0.1, 0.15) is 36.8 Å². The zero-order chi connectivity index (χ0) is 19.5. The third-order valence-electron chi connectivity index (χ3n) is 5.72. The molecule has 1 aromatic carbocycles. The topological polar surface area (TPSA) is 84.3 Å². The van der Waals surface area contributed by atoms with Crippen molar-refractivity contribution in [3.8, 4) is 0 Å². The average Bonchev–Trinajstić information content (AvgIpc) is 3.30. The van der Waals surface area contributed by atoms with E-state index in [1.807, 2.05) is 41.2 Å². The van der Waals surface area contributed by atoms with Crippen LogP contribution in [-0.4, -0.2) is 38.9 Å². The van der Waals surface area contributed by atoms with Crippen LogP contribution < -0.4 is 5.32 Å². The Morgan fingerprint density at radius 3 is 2.36 bits per heavy atom. The summed E-state index contributed by atoms with van der Waals surface area (Å²) >= 11 is 0. The lowest BCUT2D eigenvalue weighted by atomic mass is 9.81. The molecule has 0 bridgehead atoms. The van der Waals surface area contributed by atoms with E-state index >= 15 is 0 Å². The fraction of sp³-hybridized carbons (Fsp3) is 0.429. The summed E-state index contributed by atoms with van der Waals surface area (Å²) in [6.07, 6.45) is 7.09. The van der Waals surface area contributed by atoms with Crippen molar-refractivity contribution in [1.29, 1.82) is 0 Å². The predicted octanol–water partition coefficient (Wildman–Crippen LogP) is 1.72. The van der Waals surface area contributed by atoms with Gasteiger partial charge in [-0.15, -0.1) is 0 Å². The molecule has 3 amide bonds. The van der Waals surface area contributed by atoms with Crippen molar-refractivity contribution in [3.05, 3.63) is 53.9 Å². The molecular formula is C21H24N4O3. The van der Waals surface area contributed by atoms with Crippen LogP contribution >= 0.6 is 0 Å². The molecule has 4 rings (SSSR count). The third kappa shape index (κ3) is 3.69. The van der Waals surface area contributed by atoms with E-state index < -0.39 is 0 Å². The zero-order valence-corrected chi connectivity index (χ0v) is 15.7. The number of aromatic nitrogens is 2. The number of nitrogens with zero attached hydrogens (tertiary/aromatic N) is 3. The van der Waals surface area contributed by atoms with Crippen LogP contribution in [0.2, 0.25) is 0 Å². The Morgan fingerprint density at radius 2 is 1.71 bits per heavy atom. The number of benzene rings is 1. The molecule has 1 aliphatic heterocycles. The molecular weight excluding hydrogens is 356 g/mol. The number of imide groups is 1. The summed E-state index contributed by atoms with van der Waals surface area (Å²) in [5, 5.41) is 7.07. The van der Waals surface area contributed by atoms with Crippen LogP contribution in [0.5, 0.6) is 0 Å². The van der Waals surface area contributed by atoms with Crippen LogP contribution in [0.25, 0.3) is 0 Å². The normalized spacial score (nSPS) is 21.6. The van der Waals surface area contributed by atoms with Crippen molar-refractivity contribution in [2.24, 2.45) is 11.8 Å². The molecule has 2 heterocycles. The SMILES string of the molecule is O=C(CN1C(=O)C2CCCCC2C1=O)NCc1ccccc1Cn1cccn1. The summed E-state index contributed by atoms with van der Waals surface area (Å²) in [6, 6.07) is 9.70. The lowest BCUT2D eigenvalue weighted by Gasteiger charge is -2.19. The Labute approximate surface area is 163 Å². The molecule has 2 aliphatic rings. The van der Waals surface area contributed by atoms with Gasteiger partial charge in [-0.2, -0.15) is 5.10 Å². The standard InChI is InChI=1S/C21H24N4O3/c26-19(14-25-20(27)17-8-3-4-9-18(17)21(25)28)22-12-15-6-1-2-7-16(15)13-24-11-5-10-23-24/h1-2,5-7,10-11,17-18H,3-4,8-9,12-14H2,(H,22,26). The van der Waals surface area contributed by atoms with Gasteiger partial charge in [-0.05, 0) is 30.0 Å². The zero-order valence-electron chi connectivity index (χ0n) is 15.7. The highest BCUT2D eigenvalue weighted by atomic mass is 16.2. The maximum atomic E-state index is 12.5. The van der Waals surface area contributed by atoms with Crippen LogP contribution in [0.4, 0.5) is 0 Å². The number of fused-ring (bicyclic) bond motifs is 1. The maximum absolute atomic E-state index is 12.5. The Hall–Kier alpha value is -2.96. The second kappa shape index (κ2) is 7.96. The Kier molecular flexibility index (Phi) is 5.23. The third-order valence-corrected chi connectivity index (χ3v) is 5.72. The monoisotopic (exact) mass is 380 g/mol. The lowest BCUT2D eigenvalue weighted by molar-refractivity contribution is -0.143. The van der Waals surface area contributed by atoms with E-state index in [9.17, 15) is 14.4 Å². The predicted molar refractivity (Wildman–Crippen MR) is 102 cm³/mol. The van der Waals surface area contributed by atoms with Crippen molar-refractivity contribution in [2.45, 2.75) is 38.8 Å². The van der Waals surface area contributed by atoms with E-state index in [1.165, 1.54) is 0 Å². The van der Waals surface area contributed by atoms with Crippen LogP contribution in [0.3, 0.4) is 0 Å². The highest BCUT2D eigenvalue weighted by Gasteiger charge is 2.48. The van der Waals surface area contributed by atoms with E-state index in [-0.39, 0.29) is 36.1 Å². The summed E-state index contributed by atoms with van der Waals surface area (Å²) in [5.41, 5.74) is 2.05. The second-order valence-electron chi connectivity index (χ2n) is 7.51. The molecule has 1 saturated heterocycles. The molecule has 28 heavy (non-hydrogen) atoms. The molecule has 7 nitrogen and oxygen atoms in total. The number of likely N-dealkylation sites (tertiary alicyclic amines) is 1. The minimum atomic E-state index is -0.311. The Balaban J connectivity index is 1.36. The fourth-order valence-electron chi connectivity index (χ4n) is 4.23. The number of hydrogen-bond donors (Lipinski definition) is 1. The van der Waals surface area contributed by atoms with Gasteiger partial charge >= 0.3 is 0 Å². The molecule has 1 N–H and O–H groups in total. The van der Waals surface area contributed by atoms with Gasteiger partial charge in [0.2, 0.25) is 17.7 Å². The van der Waals surface area contributed by atoms with Crippen molar-refractivity contribution in [1.82, 2.24) is 20.0 Å². The van der Waals surface area contributed by atoms with Gasteiger partial charge in [0.05, 0.1) is 18.4 Å². The van der Waals surface area contributed by atoms with Gasteiger partial charge in [-0.25, -0.2) is 0 Å². The van der Waals surface area contributed by atoms with Gasteiger partial charge in [0, 0.05) is 18.9 Å². The summed E-state index contributed by atoms with van der Waals surface area (Å²) < 4.78 is 1.82. The first-order valence-corrected chi connectivity index (χ1v) is 9.79. The van der Waals surface area contributed by atoms with Crippen molar-refractivity contribution in [3.63, 3.8) is 0 Å². The molecule has 0 radical (unpaired) electrons. The summed E-state index contributed by atoms with van der Waals surface area (Å²) in [6.45, 7) is 0.775. The number of amides is 3. The van der Waals surface area contributed by atoms with E-state index in [4.69, 9.17) is 0 Å². The van der Waals surface area contributed by atoms with Crippen molar-refractivity contribution < 1.29 is 14.4 Å². The Morgan fingerprint density at radius 1 is 1.04 bits per heavy atom. The number of carbonyl (C=O) groups is 3. The molecule has 2 aromatic rings. The number of rotatable bonds is 6. The molecule has 1 saturated carbocycles.